The van der Waals surface area contributed by atoms with Crippen LogP contribution in [-0.2, 0) is 14.9 Å². The SMILES string of the molecule is C[C@H]1C[C@@H](Sc2nnc(C(C)(C)C)o2)C(=O)O1. The average molecular weight is 256 g/mol. The predicted molar refractivity (Wildman–Crippen MR) is 62.8 cm³/mol. The first kappa shape index (κ1) is 12.4. The molecule has 2 rings (SSSR count). The van der Waals surface area contributed by atoms with Gasteiger partial charge in [-0.1, -0.05) is 20.8 Å². The molecular formula is C11H16N2O3S. The highest BCUT2D eigenvalue weighted by Crippen LogP contribution is 2.32. The summed E-state index contributed by atoms with van der Waals surface area (Å²) in [6, 6.07) is 0. The molecule has 0 amide bonds. The smallest absolute Gasteiger partial charge is 0.320 e. The number of carbonyl (C=O) groups excluding carboxylic acids is 1. The van der Waals surface area contributed by atoms with Crippen LogP contribution in [-0.4, -0.2) is 27.5 Å². The molecule has 1 aromatic heterocycles. The minimum Gasteiger partial charge on any atom is -0.462 e. The van der Waals surface area contributed by atoms with E-state index in [4.69, 9.17) is 9.15 Å². The molecule has 6 heteroatoms. The highest BCUT2D eigenvalue weighted by atomic mass is 32.2. The highest BCUT2D eigenvalue weighted by molar-refractivity contribution is 8.00. The first-order chi connectivity index (χ1) is 7.86. The summed E-state index contributed by atoms with van der Waals surface area (Å²) in [5.74, 6) is 0.387. The number of cyclic esters (lactones) is 1. The van der Waals surface area contributed by atoms with E-state index in [0.717, 1.165) is 0 Å². The van der Waals surface area contributed by atoms with Gasteiger partial charge in [0.25, 0.3) is 5.22 Å². The van der Waals surface area contributed by atoms with E-state index in [1.54, 1.807) is 0 Å². The third kappa shape index (κ3) is 2.80. The van der Waals surface area contributed by atoms with Gasteiger partial charge in [-0.3, -0.25) is 4.79 Å². The van der Waals surface area contributed by atoms with Gasteiger partial charge in [0.05, 0.1) is 0 Å². The second-order valence-corrected chi connectivity index (χ2v) is 6.37. The number of ether oxygens (including phenoxy) is 1. The van der Waals surface area contributed by atoms with E-state index in [2.05, 4.69) is 10.2 Å². The van der Waals surface area contributed by atoms with Crippen LogP contribution in [0.1, 0.15) is 40.0 Å². The van der Waals surface area contributed by atoms with Crippen molar-refractivity contribution in [3.05, 3.63) is 5.89 Å². The van der Waals surface area contributed by atoms with Gasteiger partial charge in [0.2, 0.25) is 5.89 Å². The van der Waals surface area contributed by atoms with Gasteiger partial charge in [-0.2, -0.15) is 0 Å². The van der Waals surface area contributed by atoms with Crippen molar-refractivity contribution in [3.8, 4) is 0 Å². The van der Waals surface area contributed by atoms with Crippen LogP contribution in [0.15, 0.2) is 9.64 Å². The molecule has 0 radical (unpaired) electrons. The Bertz CT molecular complexity index is 425. The summed E-state index contributed by atoms with van der Waals surface area (Å²) in [5.41, 5.74) is -0.171. The molecule has 1 fully saturated rings. The van der Waals surface area contributed by atoms with E-state index in [9.17, 15) is 4.79 Å². The molecule has 0 aromatic carbocycles. The lowest BCUT2D eigenvalue weighted by Crippen LogP contribution is -2.11. The molecule has 17 heavy (non-hydrogen) atoms. The number of carbonyl (C=O) groups is 1. The highest BCUT2D eigenvalue weighted by Gasteiger charge is 2.34. The predicted octanol–water partition coefficient (Wildman–Crippen LogP) is 2.16. The number of aromatic nitrogens is 2. The summed E-state index contributed by atoms with van der Waals surface area (Å²) < 4.78 is 10.6. The van der Waals surface area contributed by atoms with E-state index in [0.29, 0.717) is 17.5 Å². The van der Waals surface area contributed by atoms with Crippen molar-refractivity contribution in [3.63, 3.8) is 0 Å². The quantitative estimate of drug-likeness (QED) is 0.755. The van der Waals surface area contributed by atoms with Gasteiger partial charge in [0.1, 0.15) is 11.4 Å². The van der Waals surface area contributed by atoms with Crippen molar-refractivity contribution >= 4 is 17.7 Å². The zero-order valence-corrected chi connectivity index (χ0v) is 11.2. The monoisotopic (exact) mass is 256 g/mol. The zero-order valence-electron chi connectivity index (χ0n) is 10.4. The van der Waals surface area contributed by atoms with Gasteiger partial charge < -0.3 is 9.15 Å². The Balaban J connectivity index is 2.05. The minimum absolute atomic E-state index is 0.0231. The fourth-order valence-corrected chi connectivity index (χ4v) is 2.48. The molecule has 0 aliphatic carbocycles. The van der Waals surface area contributed by atoms with Gasteiger partial charge in [-0.15, -0.1) is 10.2 Å². The molecule has 1 aromatic rings. The Morgan fingerprint density at radius 3 is 2.53 bits per heavy atom. The largest absolute Gasteiger partial charge is 0.462 e. The van der Waals surface area contributed by atoms with Crippen LogP contribution < -0.4 is 0 Å². The Labute approximate surface area is 104 Å². The topological polar surface area (TPSA) is 65.2 Å². The molecule has 0 unspecified atom stereocenters. The maximum Gasteiger partial charge on any atom is 0.320 e. The fourth-order valence-electron chi connectivity index (χ4n) is 1.50. The van der Waals surface area contributed by atoms with Gasteiger partial charge in [-0.25, -0.2) is 0 Å². The summed E-state index contributed by atoms with van der Waals surface area (Å²) >= 11 is 1.29. The first-order valence-electron chi connectivity index (χ1n) is 5.57. The fraction of sp³-hybridized carbons (Fsp3) is 0.727. The van der Waals surface area contributed by atoms with Crippen molar-refractivity contribution in [1.82, 2.24) is 10.2 Å². The average Bonchev–Trinajstić information content (AvgIpc) is 2.74. The summed E-state index contributed by atoms with van der Waals surface area (Å²) in [4.78, 5) is 11.5. The van der Waals surface area contributed by atoms with E-state index in [-0.39, 0.29) is 22.7 Å². The van der Waals surface area contributed by atoms with Gasteiger partial charge >= 0.3 is 5.97 Å². The molecule has 1 aliphatic heterocycles. The zero-order chi connectivity index (χ0) is 12.6. The van der Waals surface area contributed by atoms with Crippen LogP contribution in [0.4, 0.5) is 0 Å². The minimum atomic E-state index is -0.224. The molecule has 0 spiro atoms. The van der Waals surface area contributed by atoms with Crippen molar-refractivity contribution in [2.75, 3.05) is 0 Å². The van der Waals surface area contributed by atoms with Crippen molar-refractivity contribution < 1.29 is 13.9 Å². The summed E-state index contributed by atoms with van der Waals surface area (Å²) in [7, 11) is 0. The lowest BCUT2D eigenvalue weighted by atomic mass is 9.97. The molecule has 0 bridgehead atoms. The van der Waals surface area contributed by atoms with Crippen LogP contribution >= 0.6 is 11.8 Å². The summed E-state index contributed by atoms with van der Waals surface area (Å²) in [6.45, 7) is 7.88. The molecule has 0 N–H and O–H groups in total. The van der Waals surface area contributed by atoms with Gasteiger partial charge in [0.15, 0.2) is 0 Å². The molecule has 94 valence electrons. The standard InChI is InChI=1S/C11H16N2O3S/c1-6-5-7(8(14)15-6)17-10-13-12-9(16-10)11(2,3)4/h6-7H,5H2,1-4H3/t6-,7+/m0/s1. The molecule has 1 saturated heterocycles. The Hall–Kier alpha value is -1.04. The summed E-state index contributed by atoms with van der Waals surface area (Å²) in [5, 5.41) is 8.14. The van der Waals surface area contributed by atoms with E-state index < -0.39 is 0 Å². The second kappa shape index (κ2) is 4.33. The van der Waals surface area contributed by atoms with E-state index in [1.807, 2.05) is 27.7 Å². The molecular weight excluding hydrogens is 240 g/mol. The summed E-state index contributed by atoms with van der Waals surface area (Å²) in [6.07, 6.45) is 0.668. The second-order valence-electron chi connectivity index (χ2n) is 5.21. The molecule has 0 saturated carbocycles. The maximum absolute atomic E-state index is 11.5. The van der Waals surface area contributed by atoms with Crippen LogP contribution in [0, 0.1) is 0 Å². The molecule has 1 aliphatic rings. The third-order valence-corrected chi connectivity index (χ3v) is 3.45. The number of rotatable bonds is 2. The van der Waals surface area contributed by atoms with Crippen LogP contribution in [0.2, 0.25) is 0 Å². The number of hydrogen-bond donors (Lipinski definition) is 0. The van der Waals surface area contributed by atoms with Crippen LogP contribution in [0.5, 0.6) is 0 Å². The van der Waals surface area contributed by atoms with Crippen LogP contribution in [0.3, 0.4) is 0 Å². The molecule has 2 heterocycles. The Kier molecular flexibility index (Phi) is 3.16. The number of thioether (sulfide) groups is 1. The van der Waals surface area contributed by atoms with E-state index >= 15 is 0 Å². The number of hydrogen-bond acceptors (Lipinski definition) is 6. The van der Waals surface area contributed by atoms with Crippen LogP contribution in [0.25, 0.3) is 0 Å². The lowest BCUT2D eigenvalue weighted by molar-refractivity contribution is -0.140. The van der Waals surface area contributed by atoms with Gasteiger partial charge in [0, 0.05) is 11.8 Å². The number of esters is 1. The molecule has 2 atom stereocenters. The van der Waals surface area contributed by atoms with E-state index in [1.165, 1.54) is 11.8 Å². The first-order valence-corrected chi connectivity index (χ1v) is 6.45. The molecule has 5 nitrogen and oxygen atoms in total. The third-order valence-electron chi connectivity index (χ3n) is 2.42. The number of nitrogens with zero attached hydrogens (tertiary/aromatic N) is 2. The lowest BCUT2D eigenvalue weighted by Gasteiger charge is -2.10. The van der Waals surface area contributed by atoms with Crippen molar-refractivity contribution in [2.45, 2.75) is 56.1 Å². The van der Waals surface area contributed by atoms with Crippen molar-refractivity contribution in [1.29, 1.82) is 0 Å². The maximum atomic E-state index is 11.5. The van der Waals surface area contributed by atoms with Crippen molar-refractivity contribution in [2.24, 2.45) is 0 Å². The van der Waals surface area contributed by atoms with Gasteiger partial charge in [-0.05, 0) is 18.7 Å². The Morgan fingerprint density at radius 2 is 2.06 bits per heavy atom. The Morgan fingerprint density at radius 1 is 1.35 bits per heavy atom. The normalized spacial score (nSPS) is 25.1.